The average molecular weight is 389 g/mol. The maximum absolute atomic E-state index is 12.6. The second-order valence-electron chi connectivity index (χ2n) is 6.08. The predicted molar refractivity (Wildman–Crippen MR) is 96.2 cm³/mol. The molecule has 25 heavy (non-hydrogen) atoms. The van der Waals surface area contributed by atoms with Gasteiger partial charge in [0.05, 0.1) is 22.0 Å². The number of carbonyl (C=O) groups excluding carboxylic acids is 1. The fraction of sp³-hybridized carbons (Fsp3) is 0.529. The first kappa shape index (κ1) is 19.8. The number of likely N-dealkylation sites (tertiary alicyclic amines) is 1. The van der Waals surface area contributed by atoms with Crippen molar-refractivity contribution in [3.05, 3.63) is 33.8 Å². The van der Waals surface area contributed by atoms with E-state index in [1.54, 1.807) is 24.1 Å². The molecular weight excluding hydrogens is 367 g/mol. The second-order valence-corrected chi connectivity index (χ2v) is 6.89. The minimum atomic E-state index is -0.863. The summed E-state index contributed by atoms with van der Waals surface area (Å²) in [5.41, 5.74) is 0.826. The predicted octanol–water partition coefficient (Wildman–Crippen LogP) is 3.58. The van der Waals surface area contributed by atoms with Gasteiger partial charge in [0.25, 0.3) is 0 Å². The number of carboxylic acids is 1. The summed E-state index contributed by atoms with van der Waals surface area (Å²) in [6.07, 6.45) is 1.84. The first-order valence-electron chi connectivity index (χ1n) is 8.14. The Morgan fingerprint density at radius 1 is 1.40 bits per heavy atom. The molecule has 2 unspecified atom stereocenters. The Morgan fingerprint density at radius 3 is 2.80 bits per heavy atom. The lowest BCUT2D eigenvalue weighted by Crippen LogP contribution is -2.48. The first-order chi connectivity index (χ1) is 11.9. The third-order valence-corrected chi connectivity index (χ3v) is 5.05. The van der Waals surface area contributed by atoms with Crippen LogP contribution in [-0.4, -0.2) is 48.8 Å². The van der Waals surface area contributed by atoms with Crippen molar-refractivity contribution >= 4 is 35.2 Å². The van der Waals surface area contributed by atoms with Gasteiger partial charge in [0.2, 0.25) is 0 Å². The Hall–Kier alpha value is -1.50. The highest BCUT2D eigenvalue weighted by Gasteiger charge is 2.29. The highest BCUT2D eigenvalue weighted by molar-refractivity contribution is 6.42. The number of rotatable bonds is 6. The zero-order valence-electron chi connectivity index (χ0n) is 14.0. The van der Waals surface area contributed by atoms with E-state index in [-0.39, 0.29) is 18.6 Å². The number of hydrogen-bond acceptors (Lipinski definition) is 3. The Balaban J connectivity index is 2.08. The molecule has 0 bridgehead atoms. The molecule has 1 aliphatic heterocycles. The molecule has 0 spiro atoms. The van der Waals surface area contributed by atoms with Crippen molar-refractivity contribution in [2.24, 2.45) is 5.92 Å². The van der Waals surface area contributed by atoms with Crippen molar-refractivity contribution in [2.75, 3.05) is 26.8 Å². The summed E-state index contributed by atoms with van der Waals surface area (Å²) < 4.78 is 5.12. The zero-order chi connectivity index (χ0) is 18.4. The van der Waals surface area contributed by atoms with E-state index in [9.17, 15) is 9.59 Å². The maximum atomic E-state index is 12.6. The fourth-order valence-corrected chi connectivity index (χ4v) is 3.20. The molecule has 1 aromatic rings. The number of halogens is 2. The number of piperidine rings is 1. The Labute approximate surface area is 157 Å². The van der Waals surface area contributed by atoms with Crippen LogP contribution in [-0.2, 0) is 9.53 Å². The van der Waals surface area contributed by atoms with Gasteiger partial charge < -0.3 is 20.1 Å². The van der Waals surface area contributed by atoms with E-state index in [1.165, 1.54) is 0 Å². The van der Waals surface area contributed by atoms with E-state index in [1.807, 2.05) is 6.07 Å². The van der Waals surface area contributed by atoms with E-state index in [0.29, 0.717) is 42.5 Å². The summed E-state index contributed by atoms with van der Waals surface area (Å²) in [5, 5.41) is 13.0. The van der Waals surface area contributed by atoms with E-state index in [2.05, 4.69) is 5.32 Å². The summed E-state index contributed by atoms with van der Waals surface area (Å²) >= 11 is 12.0. The number of hydrogen-bond donors (Lipinski definition) is 2. The molecule has 1 fully saturated rings. The van der Waals surface area contributed by atoms with Gasteiger partial charge in [-0.3, -0.25) is 4.79 Å². The molecule has 2 atom stereocenters. The monoisotopic (exact) mass is 388 g/mol. The minimum Gasteiger partial charge on any atom is -0.481 e. The number of carbonyl (C=O) groups is 2. The highest BCUT2D eigenvalue weighted by Crippen LogP contribution is 2.27. The van der Waals surface area contributed by atoms with Crippen LogP contribution in [0, 0.1) is 5.92 Å². The van der Waals surface area contributed by atoms with Gasteiger partial charge in [0.15, 0.2) is 0 Å². The van der Waals surface area contributed by atoms with Crippen LogP contribution in [0.15, 0.2) is 18.2 Å². The van der Waals surface area contributed by atoms with Gasteiger partial charge in [-0.2, -0.15) is 0 Å². The number of urea groups is 1. The summed E-state index contributed by atoms with van der Waals surface area (Å²) in [4.78, 5) is 25.3. The number of aliphatic carboxylic acids is 1. The summed E-state index contributed by atoms with van der Waals surface area (Å²) in [5.74, 6) is -1.38. The second kappa shape index (κ2) is 9.27. The molecule has 138 valence electrons. The molecule has 1 aliphatic rings. The topological polar surface area (TPSA) is 78.9 Å². The molecular formula is C17H22Cl2N2O4. The third-order valence-electron chi connectivity index (χ3n) is 4.31. The molecule has 2 rings (SSSR count). The molecule has 6 nitrogen and oxygen atoms in total. The number of nitrogens with one attached hydrogen (secondary N) is 1. The Kier molecular flexibility index (Phi) is 7.35. The number of nitrogens with zero attached hydrogens (tertiary/aromatic N) is 1. The molecule has 0 radical (unpaired) electrons. The molecule has 8 heteroatoms. The van der Waals surface area contributed by atoms with E-state index >= 15 is 0 Å². The minimum absolute atomic E-state index is 0.222. The number of benzene rings is 1. The lowest BCUT2D eigenvalue weighted by atomic mass is 9.98. The highest BCUT2D eigenvalue weighted by atomic mass is 35.5. The number of methoxy groups -OCH3 is 1. The molecule has 2 amide bonds. The van der Waals surface area contributed by atoms with Crippen molar-refractivity contribution in [3.63, 3.8) is 0 Å². The molecule has 1 heterocycles. The van der Waals surface area contributed by atoms with Crippen LogP contribution in [0.25, 0.3) is 0 Å². The van der Waals surface area contributed by atoms with Gasteiger partial charge in [0.1, 0.15) is 0 Å². The zero-order valence-corrected chi connectivity index (χ0v) is 15.5. The molecule has 0 aliphatic carbocycles. The van der Waals surface area contributed by atoms with Crippen molar-refractivity contribution < 1.29 is 19.4 Å². The van der Waals surface area contributed by atoms with Gasteiger partial charge in [-0.1, -0.05) is 29.3 Å². The average Bonchev–Trinajstić information content (AvgIpc) is 2.61. The molecule has 1 saturated heterocycles. The summed E-state index contributed by atoms with van der Waals surface area (Å²) in [6, 6.07) is 4.64. The fourth-order valence-electron chi connectivity index (χ4n) is 2.89. The third kappa shape index (κ3) is 5.49. The van der Waals surface area contributed by atoms with Crippen molar-refractivity contribution in [1.29, 1.82) is 0 Å². The number of amides is 2. The number of carboxylic acid groups (broad SMARTS) is 1. The van der Waals surface area contributed by atoms with E-state index in [0.717, 1.165) is 5.56 Å². The number of ether oxygens (including phenoxy) is 1. The normalized spacial score (nSPS) is 18.7. The standard InChI is InChI=1S/C17H22Cl2N2O4/c1-25-8-6-15(11-4-5-13(18)14(19)9-11)20-17(24)21-7-2-3-12(10-21)16(22)23/h4-5,9,12,15H,2-3,6-8,10H2,1H3,(H,20,24)(H,22,23). The van der Waals surface area contributed by atoms with Gasteiger partial charge in [-0.05, 0) is 37.0 Å². The van der Waals surface area contributed by atoms with Crippen LogP contribution in [0.1, 0.15) is 30.9 Å². The van der Waals surface area contributed by atoms with Gasteiger partial charge in [0, 0.05) is 26.8 Å². The summed E-state index contributed by atoms with van der Waals surface area (Å²) in [7, 11) is 1.59. The van der Waals surface area contributed by atoms with Crippen LogP contribution in [0.2, 0.25) is 10.0 Å². The summed E-state index contributed by atoms with van der Waals surface area (Å²) in [6.45, 7) is 1.23. The maximum Gasteiger partial charge on any atom is 0.317 e. The van der Waals surface area contributed by atoms with Crippen molar-refractivity contribution in [3.8, 4) is 0 Å². The van der Waals surface area contributed by atoms with Crippen LogP contribution >= 0.6 is 23.2 Å². The largest absolute Gasteiger partial charge is 0.481 e. The van der Waals surface area contributed by atoms with Gasteiger partial charge in [-0.15, -0.1) is 0 Å². The first-order valence-corrected chi connectivity index (χ1v) is 8.90. The van der Waals surface area contributed by atoms with Crippen molar-refractivity contribution in [1.82, 2.24) is 10.2 Å². The van der Waals surface area contributed by atoms with Crippen molar-refractivity contribution in [2.45, 2.75) is 25.3 Å². The molecule has 1 aromatic carbocycles. The molecule has 0 saturated carbocycles. The SMILES string of the molecule is COCCC(NC(=O)N1CCCC(C(=O)O)C1)c1ccc(Cl)c(Cl)c1. The van der Waals surface area contributed by atoms with Gasteiger partial charge >= 0.3 is 12.0 Å². The van der Waals surface area contributed by atoms with Crippen LogP contribution in [0.4, 0.5) is 4.79 Å². The van der Waals surface area contributed by atoms with Crippen LogP contribution in [0.5, 0.6) is 0 Å². The lowest BCUT2D eigenvalue weighted by Gasteiger charge is -2.32. The van der Waals surface area contributed by atoms with E-state index < -0.39 is 11.9 Å². The smallest absolute Gasteiger partial charge is 0.317 e. The Bertz CT molecular complexity index is 627. The molecule has 2 N–H and O–H groups in total. The van der Waals surface area contributed by atoms with E-state index in [4.69, 9.17) is 33.0 Å². The van der Waals surface area contributed by atoms with Crippen LogP contribution < -0.4 is 5.32 Å². The quantitative estimate of drug-likeness (QED) is 0.780. The lowest BCUT2D eigenvalue weighted by molar-refractivity contribution is -0.143. The Morgan fingerprint density at radius 2 is 2.16 bits per heavy atom. The molecule has 0 aromatic heterocycles. The van der Waals surface area contributed by atoms with Crippen LogP contribution in [0.3, 0.4) is 0 Å². The van der Waals surface area contributed by atoms with Gasteiger partial charge in [-0.25, -0.2) is 4.79 Å².